The molecule has 30 heavy (non-hydrogen) atoms. The van der Waals surface area contributed by atoms with Crippen molar-refractivity contribution in [1.29, 1.82) is 0 Å². The van der Waals surface area contributed by atoms with E-state index in [9.17, 15) is 9.90 Å². The van der Waals surface area contributed by atoms with Gasteiger partial charge in [-0.1, -0.05) is 18.2 Å². The van der Waals surface area contributed by atoms with Crippen LogP contribution >= 0.6 is 0 Å². The van der Waals surface area contributed by atoms with Gasteiger partial charge in [-0.2, -0.15) is 4.79 Å². The predicted molar refractivity (Wildman–Crippen MR) is 112 cm³/mol. The number of amides is 1. The largest absolute Gasteiger partial charge is 0.508 e. The summed E-state index contributed by atoms with van der Waals surface area (Å²) in [4.78, 5) is 19.1. The van der Waals surface area contributed by atoms with Gasteiger partial charge in [0.2, 0.25) is 0 Å². The number of nitrogens with one attached hydrogen (secondary N) is 1. The number of pyridine rings is 1. The number of hydrogen-bond donors (Lipinski definition) is 2. The van der Waals surface area contributed by atoms with Crippen molar-refractivity contribution < 1.29 is 14.3 Å². The first-order chi connectivity index (χ1) is 14.7. The van der Waals surface area contributed by atoms with E-state index < -0.39 is 0 Å². The Kier molecular flexibility index (Phi) is 4.25. The Bertz CT molecular complexity index is 1340. The summed E-state index contributed by atoms with van der Waals surface area (Å²) in [5.74, 6) is 0.471. The molecule has 0 radical (unpaired) electrons. The van der Waals surface area contributed by atoms with Gasteiger partial charge in [-0.15, -0.1) is 5.10 Å². The molecule has 0 fully saturated rings. The maximum atomic E-state index is 13.1. The lowest BCUT2D eigenvalue weighted by Crippen LogP contribution is -2.23. The molecule has 7 nitrogen and oxygen atoms in total. The van der Waals surface area contributed by atoms with E-state index in [1.165, 1.54) is 4.79 Å². The van der Waals surface area contributed by atoms with Crippen LogP contribution in [0.25, 0.3) is 33.6 Å². The van der Waals surface area contributed by atoms with Crippen LogP contribution in [0.3, 0.4) is 0 Å². The van der Waals surface area contributed by atoms with Crippen molar-refractivity contribution in [2.45, 2.75) is 0 Å². The number of rotatable bonds is 4. The third-order valence-corrected chi connectivity index (χ3v) is 4.70. The van der Waals surface area contributed by atoms with Gasteiger partial charge in [0.25, 0.3) is 5.91 Å². The Morgan fingerprint density at radius 2 is 1.80 bits per heavy atom. The molecule has 0 bridgehead atoms. The standard InChI is InChI=1S/C23H16N4O3/c28-16-9-7-15(8-10-16)21-14-18(17-4-1-2-5-19(17)24-21)23(29)26-27-12-11-20(25-27)22-6-3-13-30-22/h1-14,28H,(H,26,29). The highest BCUT2D eigenvalue weighted by atomic mass is 16.3. The molecule has 2 aromatic carbocycles. The van der Waals surface area contributed by atoms with Crippen LogP contribution in [0.1, 0.15) is 10.4 Å². The van der Waals surface area contributed by atoms with Crippen molar-refractivity contribution in [3.8, 4) is 28.5 Å². The minimum atomic E-state index is -0.317. The molecule has 2 N–H and O–H groups in total. The summed E-state index contributed by atoms with van der Waals surface area (Å²) < 4.78 is 5.34. The summed E-state index contributed by atoms with van der Waals surface area (Å²) >= 11 is 0. The molecule has 3 aromatic heterocycles. The molecule has 0 saturated carbocycles. The maximum Gasteiger partial charge on any atom is 0.272 e. The Hall–Kier alpha value is -4.39. The number of carbonyl (C=O) groups is 1. The van der Waals surface area contributed by atoms with Gasteiger partial charge in [0.15, 0.2) is 5.76 Å². The molecular formula is C23H16N4O3. The molecular weight excluding hydrogens is 380 g/mol. The number of para-hydroxylation sites is 1. The Morgan fingerprint density at radius 3 is 2.60 bits per heavy atom. The first-order valence-electron chi connectivity index (χ1n) is 9.27. The fourth-order valence-electron chi connectivity index (χ4n) is 3.25. The number of aromatic nitrogens is 3. The Balaban J connectivity index is 1.52. The Morgan fingerprint density at radius 1 is 0.967 bits per heavy atom. The predicted octanol–water partition coefficient (Wildman–Crippen LogP) is 4.45. The summed E-state index contributed by atoms with van der Waals surface area (Å²) in [6, 6.07) is 21.2. The van der Waals surface area contributed by atoms with E-state index in [1.54, 1.807) is 61.0 Å². The first-order valence-corrected chi connectivity index (χ1v) is 9.27. The van der Waals surface area contributed by atoms with Gasteiger partial charge in [0.1, 0.15) is 11.4 Å². The van der Waals surface area contributed by atoms with E-state index in [1.807, 2.05) is 24.3 Å². The smallest absolute Gasteiger partial charge is 0.272 e. The van der Waals surface area contributed by atoms with Crippen LogP contribution in [-0.4, -0.2) is 25.9 Å². The molecule has 7 heteroatoms. The number of phenols is 1. The molecule has 3 heterocycles. The summed E-state index contributed by atoms with van der Waals surface area (Å²) in [6.07, 6.45) is 3.22. The quantitative estimate of drug-likeness (QED) is 0.468. The van der Waals surface area contributed by atoms with Crippen LogP contribution in [0.4, 0.5) is 0 Å². The van der Waals surface area contributed by atoms with Crippen molar-refractivity contribution in [2.24, 2.45) is 0 Å². The number of phenolic OH excluding ortho intramolecular Hbond substituents is 1. The zero-order chi connectivity index (χ0) is 20.5. The van der Waals surface area contributed by atoms with Gasteiger partial charge in [0, 0.05) is 17.1 Å². The molecule has 5 aromatic rings. The minimum absolute atomic E-state index is 0.170. The number of furan rings is 1. The van der Waals surface area contributed by atoms with Crippen LogP contribution in [0, 0.1) is 0 Å². The van der Waals surface area contributed by atoms with Crippen molar-refractivity contribution in [3.05, 3.63) is 90.8 Å². The molecule has 0 unspecified atom stereocenters. The lowest BCUT2D eigenvalue weighted by molar-refractivity contribution is 0.101. The number of fused-ring (bicyclic) bond motifs is 1. The number of benzene rings is 2. The molecule has 0 atom stereocenters. The molecule has 146 valence electrons. The maximum absolute atomic E-state index is 13.1. The Labute approximate surface area is 171 Å². The van der Waals surface area contributed by atoms with Crippen LogP contribution in [0.2, 0.25) is 0 Å². The number of aromatic hydroxyl groups is 1. The highest BCUT2D eigenvalue weighted by molar-refractivity contribution is 6.10. The second kappa shape index (κ2) is 7.21. The average Bonchev–Trinajstić information content (AvgIpc) is 3.45. The normalized spacial score (nSPS) is 10.9. The average molecular weight is 396 g/mol. The monoisotopic (exact) mass is 396 g/mol. The third-order valence-electron chi connectivity index (χ3n) is 4.70. The third kappa shape index (κ3) is 3.29. The van der Waals surface area contributed by atoms with E-state index in [0.29, 0.717) is 28.2 Å². The lowest BCUT2D eigenvalue weighted by atomic mass is 10.0. The first kappa shape index (κ1) is 17.7. The van der Waals surface area contributed by atoms with Gasteiger partial charge >= 0.3 is 0 Å². The summed E-state index contributed by atoms with van der Waals surface area (Å²) in [6.45, 7) is 0. The van der Waals surface area contributed by atoms with E-state index >= 15 is 0 Å². The van der Waals surface area contributed by atoms with Gasteiger partial charge in [-0.05, 0) is 54.6 Å². The van der Waals surface area contributed by atoms with E-state index in [-0.39, 0.29) is 11.7 Å². The molecule has 0 aliphatic carbocycles. The summed E-state index contributed by atoms with van der Waals surface area (Å²) in [5, 5.41) is 14.6. The van der Waals surface area contributed by atoms with Crippen LogP contribution in [-0.2, 0) is 0 Å². The SMILES string of the molecule is O=C(Nn1ccc(-c2ccco2)n1)c1cc(-c2ccc(O)cc2)nc2ccccc12. The van der Waals surface area contributed by atoms with Gasteiger partial charge in [-0.25, -0.2) is 10.4 Å². The van der Waals surface area contributed by atoms with E-state index in [2.05, 4.69) is 15.5 Å². The fourth-order valence-corrected chi connectivity index (χ4v) is 3.25. The number of hydrogen-bond acceptors (Lipinski definition) is 5. The van der Waals surface area contributed by atoms with Gasteiger partial charge in [0.05, 0.1) is 23.0 Å². The molecule has 1 amide bonds. The lowest BCUT2D eigenvalue weighted by Gasteiger charge is -2.10. The van der Waals surface area contributed by atoms with Crippen LogP contribution in [0.15, 0.2) is 89.7 Å². The van der Waals surface area contributed by atoms with Crippen LogP contribution < -0.4 is 5.43 Å². The van der Waals surface area contributed by atoms with Crippen molar-refractivity contribution in [3.63, 3.8) is 0 Å². The zero-order valence-electron chi connectivity index (χ0n) is 15.7. The zero-order valence-corrected chi connectivity index (χ0v) is 15.7. The van der Waals surface area contributed by atoms with Crippen LogP contribution in [0.5, 0.6) is 5.75 Å². The number of nitrogens with zero attached hydrogens (tertiary/aromatic N) is 3. The van der Waals surface area contributed by atoms with E-state index in [4.69, 9.17) is 4.42 Å². The molecule has 5 rings (SSSR count). The summed E-state index contributed by atoms with van der Waals surface area (Å²) in [5.41, 5.74) is 6.00. The van der Waals surface area contributed by atoms with Gasteiger partial charge < -0.3 is 9.52 Å². The highest BCUT2D eigenvalue weighted by Gasteiger charge is 2.15. The molecule has 0 spiro atoms. The second-order valence-electron chi connectivity index (χ2n) is 6.68. The minimum Gasteiger partial charge on any atom is -0.508 e. The topological polar surface area (TPSA) is 93.2 Å². The van der Waals surface area contributed by atoms with Gasteiger partial charge in [-0.3, -0.25) is 4.79 Å². The second-order valence-corrected chi connectivity index (χ2v) is 6.68. The van der Waals surface area contributed by atoms with E-state index in [0.717, 1.165) is 10.9 Å². The summed E-state index contributed by atoms with van der Waals surface area (Å²) in [7, 11) is 0. The molecule has 0 aliphatic rings. The highest BCUT2D eigenvalue weighted by Crippen LogP contribution is 2.26. The fraction of sp³-hybridized carbons (Fsp3) is 0. The van der Waals surface area contributed by atoms with Crippen molar-refractivity contribution >= 4 is 16.8 Å². The van der Waals surface area contributed by atoms with Crippen molar-refractivity contribution in [1.82, 2.24) is 14.9 Å². The molecule has 0 saturated heterocycles. The van der Waals surface area contributed by atoms with Crippen molar-refractivity contribution in [2.75, 3.05) is 5.43 Å². The molecule has 0 aliphatic heterocycles. The number of carbonyl (C=O) groups excluding carboxylic acids is 1.